The zero-order valence-corrected chi connectivity index (χ0v) is 30.0. The van der Waals surface area contributed by atoms with Gasteiger partial charge in [-0.2, -0.15) is 0 Å². The number of carboxylic acids is 1. The number of hydrogen-bond donors (Lipinski definition) is 3. The number of allylic oxidation sites excluding steroid dienone is 2. The number of fused-ring (bicyclic) bond motifs is 3. The summed E-state index contributed by atoms with van der Waals surface area (Å²) in [6, 6.07) is 4.43. The second-order valence-corrected chi connectivity index (χ2v) is 15.8. The predicted octanol–water partition coefficient (Wildman–Crippen LogP) is 4.70. The molecule has 0 bridgehead atoms. The summed E-state index contributed by atoms with van der Waals surface area (Å²) in [6.45, 7) is 7.16. The summed E-state index contributed by atoms with van der Waals surface area (Å²) in [5.74, 6) is -1.42. The molecule has 2 aliphatic carbocycles. The van der Waals surface area contributed by atoms with E-state index in [2.05, 4.69) is 10.6 Å². The summed E-state index contributed by atoms with van der Waals surface area (Å²) in [7, 11) is 0. The molecule has 1 aromatic rings. The number of benzene rings is 1. The van der Waals surface area contributed by atoms with Crippen LogP contribution in [-0.2, 0) is 36.9 Å². The monoisotopic (exact) mass is 708 g/mol. The molecule has 13 heteroatoms. The van der Waals surface area contributed by atoms with Gasteiger partial charge in [-0.15, -0.1) is 0 Å². The van der Waals surface area contributed by atoms with Gasteiger partial charge >= 0.3 is 18.2 Å². The summed E-state index contributed by atoms with van der Waals surface area (Å²) >= 11 is 0. The number of aliphatic carboxylic acids is 1. The lowest BCUT2D eigenvalue weighted by molar-refractivity contribution is -0.147. The van der Waals surface area contributed by atoms with E-state index in [4.69, 9.17) is 14.2 Å². The first-order valence-corrected chi connectivity index (χ1v) is 18.5. The van der Waals surface area contributed by atoms with E-state index in [1.807, 2.05) is 30.4 Å². The Bertz CT molecular complexity index is 1540. The molecule has 0 spiro atoms. The molecule has 3 aliphatic heterocycles. The van der Waals surface area contributed by atoms with Gasteiger partial charge in [-0.25, -0.2) is 9.59 Å². The van der Waals surface area contributed by atoms with Gasteiger partial charge in [0.25, 0.3) is 0 Å². The molecule has 3 fully saturated rings. The van der Waals surface area contributed by atoms with Gasteiger partial charge in [-0.3, -0.25) is 19.3 Å². The SMILES string of the molecule is CC(C)(C)OC(=O)N[C@H]1CCCCC/C=C\[C@@H]2C[C@@]2(C(=O)O)CC(=O)[C@@H]2C[C@@H](OC(=O)N3Cc4ccc(OCCNC5CC5)cc4C3)CN2C1=O. The molecule has 3 amide bonds. The van der Waals surface area contributed by atoms with Gasteiger partial charge in [-0.1, -0.05) is 31.1 Å². The molecule has 1 saturated heterocycles. The number of nitrogens with one attached hydrogen (secondary N) is 2. The van der Waals surface area contributed by atoms with Crippen LogP contribution in [0.15, 0.2) is 30.4 Å². The third kappa shape index (κ3) is 9.22. The molecule has 51 heavy (non-hydrogen) atoms. The Morgan fingerprint density at radius 1 is 1.04 bits per heavy atom. The van der Waals surface area contributed by atoms with Crippen molar-refractivity contribution in [2.45, 2.75) is 128 Å². The molecule has 3 N–H and O–H groups in total. The van der Waals surface area contributed by atoms with Crippen molar-refractivity contribution in [1.82, 2.24) is 20.4 Å². The number of nitrogens with zero attached hydrogens (tertiary/aromatic N) is 2. The first kappa shape index (κ1) is 36.7. The summed E-state index contributed by atoms with van der Waals surface area (Å²) in [5.41, 5.74) is -0.0497. The molecule has 0 radical (unpaired) electrons. The molecule has 0 aromatic heterocycles. The molecule has 6 rings (SSSR count). The summed E-state index contributed by atoms with van der Waals surface area (Å²) in [6.07, 6.45) is 7.75. The Morgan fingerprint density at radius 2 is 1.82 bits per heavy atom. The maximum Gasteiger partial charge on any atom is 0.410 e. The normalized spacial score (nSPS) is 28.8. The zero-order chi connectivity index (χ0) is 36.3. The molecule has 1 aromatic carbocycles. The van der Waals surface area contributed by atoms with Crippen molar-refractivity contribution < 1.29 is 43.3 Å². The van der Waals surface area contributed by atoms with Gasteiger partial charge in [0, 0.05) is 38.5 Å². The molecule has 13 nitrogen and oxygen atoms in total. The van der Waals surface area contributed by atoms with Crippen LogP contribution in [0.4, 0.5) is 9.59 Å². The van der Waals surface area contributed by atoms with Crippen LogP contribution in [0.3, 0.4) is 0 Å². The molecule has 5 atom stereocenters. The molecule has 2 saturated carbocycles. The van der Waals surface area contributed by atoms with Crippen LogP contribution in [0.2, 0.25) is 0 Å². The highest BCUT2D eigenvalue weighted by molar-refractivity contribution is 5.96. The van der Waals surface area contributed by atoms with Crippen molar-refractivity contribution in [3.05, 3.63) is 41.5 Å². The molecular weight excluding hydrogens is 656 g/mol. The summed E-state index contributed by atoms with van der Waals surface area (Å²) in [4.78, 5) is 70.0. The van der Waals surface area contributed by atoms with E-state index >= 15 is 0 Å². The Kier molecular flexibility index (Phi) is 10.9. The van der Waals surface area contributed by atoms with Crippen molar-refractivity contribution in [2.75, 3.05) is 19.7 Å². The minimum atomic E-state index is -1.22. The number of carboxylic acid groups (broad SMARTS) is 1. The van der Waals surface area contributed by atoms with Crippen LogP contribution in [0.5, 0.6) is 5.75 Å². The van der Waals surface area contributed by atoms with Gasteiger partial charge in [0.15, 0.2) is 5.78 Å². The fraction of sp³-hybridized carbons (Fsp3) is 0.658. The number of carbonyl (C=O) groups excluding carboxylic acids is 4. The lowest BCUT2D eigenvalue weighted by atomic mass is 9.92. The van der Waals surface area contributed by atoms with E-state index in [1.165, 1.54) is 17.7 Å². The van der Waals surface area contributed by atoms with Gasteiger partial charge in [0.05, 0.1) is 18.0 Å². The third-order valence-corrected chi connectivity index (χ3v) is 10.5. The van der Waals surface area contributed by atoms with Crippen LogP contribution >= 0.6 is 0 Å². The molecule has 3 heterocycles. The Morgan fingerprint density at radius 3 is 2.57 bits per heavy atom. The average Bonchev–Trinajstić information content (AvgIpc) is 3.92. The first-order valence-electron chi connectivity index (χ1n) is 18.5. The highest BCUT2D eigenvalue weighted by Gasteiger charge is 2.61. The van der Waals surface area contributed by atoms with Crippen LogP contribution in [0, 0.1) is 11.3 Å². The van der Waals surface area contributed by atoms with E-state index in [1.54, 1.807) is 25.7 Å². The van der Waals surface area contributed by atoms with Crippen molar-refractivity contribution in [1.29, 1.82) is 0 Å². The van der Waals surface area contributed by atoms with Gasteiger partial charge in [0.2, 0.25) is 5.91 Å². The van der Waals surface area contributed by atoms with Crippen molar-refractivity contribution >= 4 is 29.8 Å². The molecule has 0 unspecified atom stereocenters. The standard InChI is InChI=1S/C38H52N4O9/c1-37(2,3)51-35(47)40-30-10-8-6-4-5-7-9-26-19-38(26,34(45)46)20-32(43)31-18-29(23-42(31)33(30)44)50-36(48)41-21-24-11-14-28(17-25(24)22-41)49-16-15-39-27-12-13-27/h7,9,11,14,17,26-27,29-31,39H,4-6,8,10,12-13,15-16,18-23H2,1-3H3,(H,40,47)(H,45,46)/b9-7-/t26-,29-,30+,31+,38-/m1/s1. The number of Topliss-reactive ketones (excluding diaryl/α,β-unsaturated/α-hetero) is 1. The zero-order valence-electron chi connectivity index (χ0n) is 30.0. The maximum absolute atomic E-state index is 14.2. The van der Waals surface area contributed by atoms with E-state index < -0.39 is 53.3 Å². The molecule has 278 valence electrons. The minimum Gasteiger partial charge on any atom is -0.492 e. The quantitative estimate of drug-likeness (QED) is 0.255. The Hall–Kier alpha value is -4.13. The van der Waals surface area contributed by atoms with Crippen molar-refractivity contribution in [3.8, 4) is 5.75 Å². The van der Waals surface area contributed by atoms with Gasteiger partial charge in [0.1, 0.15) is 30.1 Å². The number of amides is 3. The van der Waals surface area contributed by atoms with Crippen molar-refractivity contribution in [3.63, 3.8) is 0 Å². The van der Waals surface area contributed by atoms with Crippen LogP contribution in [0.25, 0.3) is 0 Å². The average molecular weight is 709 g/mol. The number of carbonyl (C=O) groups is 5. The van der Waals surface area contributed by atoms with Gasteiger partial charge < -0.3 is 34.9 Å². The first-order chi connectivity index (χ1) is 24.3. The number of ether oxygens (including phenoxy) is 3. The number of rotatable bonds is 8. The Balaban J connectivity index is 1.15. The largest absolute Gasteiger partial charge is 0.492 e. The topological polar surface area (TPSA) is 164 Å². The second-order valence-electron chi connectivity index (χ2n) is 15.8. The van der Waals surface area contributed by atoms with E-state index in [-0.39, 0.29) is 31.1 Å². The van der Waals surface area contributed by atoms with E-state index in [0.717, 1.165) is 42.7 Å². The maximum atomic E-state index is 14.2. The summed E-state index contributed by atoms with van der Waals surface area (Å²) < 4.78 is 17.3. The predicted molar refractivity (Wildman–Crippen MR) is 186 cm³/mol. The lowest BCUT2D eigenvalue weighted by Crippen LogP contribution is -2.52. The fourth-order valence-corrected chi connectivity index (χ4v) is 7.45. The minimum absolute atomic E-state index is 0.0410. The van der Waals surface area contributed by atoms with Crippen LogP contribution in [-0.4, -0.2) is 94.3 Å². The fourth-order valence-electron chi connectivity index (χ4n) is 7.45. The molecular formula is C38H52N4O9. The highest BCUT2D eigenvalue weighted by atomic mass is 16.6. The summed E-state index contributed by atoms with van der Waals surface area (Å²) in [5, 5.41) is 16.3. The highest BCUT2D eigenvalue weighted by Crippen LogP contribution is 2.57. The Labute approximate surface area is 299 Å². The van der Waals surface area contributed by atoms with E-state index in [0.29, 0.717) is 45.0 Å². The van der Waals surface area contributed by atoms with Crippen molar-refractivity contribution in [2.24, 2.45) is 11.3 Å². The smallest absolute Gasteiger partial charge is 0.410 e. The van der Waals surface area contributed by atoms with Crippen LogP contribution < -0.4 is 15.4 Å². The van der Waals surface area contributed by atoms with Gasteiger partial charge in [-0.05, 0) is 88.5 Å². The lowest BCUT2D eigenvalue weighted by Gasteiger charge is -2.30. The molecule has 5 aliphatic rings. The number of alkyl carbamates (subject to hydrolysis) is 1. The van der Waals surface area contributed by atoms with E-state index in [9.17, 15) is 29.1 Å². The number of hydrogen-bond acceptors (Lipinski definition) is 9. The van der Waals surface area contributed by atoms with Crippen LogP contribution in [0.1, 0.15) is 96.1 Å². The number of ketones is 1. The second kappa shape index (κ2) is 15.2. The third-order valence-electron chi connectivity index (χ3n) is 10.5.